The lowest BCUT2D eigenvalue weighted by molar-refractivity contribution is -0.122. The van der Waals surface area contributed by atoms with Crippen LogP contribution >= 0.6 is 0 Å². The Morgan fingerprint density at radius 2 is 2.25 bits per heavy atom. The van der Waals surface area contributed by atoms with Crippen LogP contribution in [0.1, 0.15) is 38.3 Å². The van der Waals surface area contributed by atoms with E-state index in [9.17, 15) is 4.79 Å². The third-order valence-electron chi connectivity index (χ3n) is 3.34. The first-order chi connectivity index (χ1) is 9.60. The monoisotopic (exact) mass is 278 g/mol. The summed E-state index contributed by atoms with van der Waals surface area (Å²) >= 11 is 0. The quantitative estimate of drug-likeness (QED) is 0.752. The van der Waals surface area contributed by atoms with Crippen LogP contribution < -0.4 is 11.1 Å². The van der Waals surface area contributed by atoms with Crippen LogP contribution in [0.3, 0.4) is 0 Å². The van der Waals surface area contributed by atoms with Gasteiger partial charge in [-0.1, -0.05) is 19.9 Å². The summed E-state index contributed by atoms with van der Waals surface area (Å²) in [5.41, 5.74) is 7.27. The van der Waals surface area contributed by atoms with E-state index in [4.69, 9.17) is 5.73 Å². The van der Waals surface area contributed by atoms with E-state index in [1.807, 2.05) is 37.2 Å². The van der Waals surface area contributed by atoms with Crippen LogP contribution in [-0.4, -0.2) is 42.0 Å². The lowest BCUT2D eigenvalue weighted by Crippen LogP contribution is -2.43. The van der Waals surface area contributed by atoms with Crippen LogP contribution in [0.4, 0.5) is 0 Å². The summed E-state index contributed by atoms with van der Waals surface area (Å²) in [4.78, 5) is 18.0. The number of likely N-dealkylation sites (N-methyl/N-ethyl adjacent to an activating group) is 1. The molecule has 0 fully saturated rings. The van der Waals surface area contributed by atoms with Gasteiger partial charge in [-0.05, 0) is 31.5 Å². The van der Waals surface area contributed by atoms with Gasteiger partial charge in [0, 0.05) is 25.0 Å². The minimum absolute atomic E-state index is 0.000997. The van der Waals surface area contributed by atoms with Gasteiger partial charge in [-0.2, -0.15) is 0 Å². The largest absolute Gasteiger partial charge is 0.355 e. The summed E-state index contributed by atoms with van der Waals surface area (Å²) in [5.74, 6) is 0.0338. The Bertz CT molecular complexity index is 396. The molecule has 1 aromatic rings. The Labute approximate surface area is 121 Å². The number of rotatable bonds is 8. The molecule has 2 unspecified atom stereocenters. The number of nitrogens with two attached hydrogens (primary N) is 1. The Hall–Kier alpha value is -1.46. The molecular weight excluding hydrogens is 252 g/mol. The molecule has 0 saturated carbocycles. The number of aromatic nitrogens is 1. The fraction of sp³-hybridized carbons (Fsp3) is 0.600. The van der Waals surface area contributed by atoms with Crippen LogP contribution in [0.2, 0.25) is 0 Å². The van der Waals surface area contributed by atoms with E-state index in [-0.39, 0.29) is 18.0 Å². The Morgan fingerprint density at radius 1 is 1.50 bits per heavy atom. The maximum absolute atomic E-state index is 11.8. The molecule has 0 saturated heterocycles. The van der Waals surface area contributed by atoms with Gasteiger partial charge < -0.3 is 11.1 Å². The van der Waals surface area contributed by atoms with Crippen LogP contribution in [0, 0.1) is 0 Å². The summed E-state index contributed by atoms with van der Waals surface area (Å²) in [6.45, 7) is 5.14. The van der Waals surface area contributed by atoms with Crippen LogP contribution in [0.15, 0.2) is 24.5 Å². The summed E-state index contributed by atoms with van der Waals surface area (Å²) in [6.07, 6.45) is 5.35. The zero-order valence-electron chi connectivity index (χ0n) is 12.7. The van der Waals surface area contributed by atoms with Crippen molar-refractivity contribution < 1.29 is 4.79 Å². The molecular formula is C15H26N4O. The number of carbonyl (C=O) groups excluding carboxylic acids is 1. The fourth-order valence-corrected chi connectivity index (χ4v) is 2.25. The van der Waals surface area contributed by atoms with Crippen LogP contribution in [0.5, 0.6) is 0 Å². The zero-order valence-corrected chi connectivity index (χ0v) is 12.7. The maximum atomic E-state index is 11.8. The van der Waals surface area contributed by atoms with Gasteiger partial charge in [-0.15, -0.1) is 0 Å². The predicted octanol–water partition coefficient (Wildman–Crippen LogP) is 1.32. The summed E-state index contributed by atoms with van der Waals surface area (Å²) < 4.78 is 0. The molecule has 1 aromatic heterocycles. The highest BCUT2D eigenvalue weighted by molar-refractivity contribution is 5.78. The van der Waals surface area contributed by atoms with Crippen molar-refractivity contribution in [3.63, 3.8) is 0 Å². The Kier molecular flexibility index (Phi) is 7.18. The molecule has 20 heavy (non-hydrogen) atoms. The van der Waals surface area contributed by atoms with Gasteiger partial charge in [-0.25, -0.2) is 0 Å². The van der Waals surface area contributed by atoms with E-state index in [1.54, 1.807) is 6.20 Å². The smallest absolute Gasteiger partial charge is 0.234 e. The number of carbonyl (C=O) groups is 1. The van der Waals surface area contributed by atoms with E-state index in [1.165, 1.54) is 0 Å². The molecule has 0 aliphatic rings. The van der Waals surface area contributed by atoms with Gasteiger partial charge in [-0.3, -0.25) is 14.7 Å². The lowest BCUT2D eigenvalue weighted by atomic mass is 9.98. The number of pyridine rings is 1. The molecule has 3 N–H and O–H groups in total. The van der Waals surface area contributed by atoms with Crippen molar-refractivity contribution in [3.8, 4) is 0 Å². The second kappa shape index (κ2) is 8.66. The maximum Gasteiger partial charge on any atom is 0.234 e. The highest BCUT2D eigenvalue weighted by Crippen LogP contribution is 2.22. The fourth-order valence-electron chi connectivity index (χ4n) is 2.25. The van der Waals surface area contributed by atoms with Gasteiger partial charge >= 0.3 is 0 Å². The minimum atomic E-state index is -0.0248. The number of nitrogens with one attached hydrogen (secondary N) is 1. The minimum Gasteiger partial charge on any atom is -0.355 e. The average molecular weight is 278 g/mol. The van der Waals surface area contributed by atoms with E-state index in [0.717, 1.165) is 18.4 Å². The van der Waals surface area contributed by atoms with Crippen LogP contribution in [-0.2, 0) is 4.79 Å². The molecule has 0 aliphatic carbocycles. The summed E-state index contributed by atoms with van der Waals surface area (Å²) in [7, 11) is 1.93. The Balaban J connectivity index is 2.76. The number of amides is 1. The molecule has 0 bridgehead atoms. The van der Waals surface area contributed by atoms with E-state index in [0.29, 0.717) is 13.1 Å². The predicted molar refractivity (Wildman–Crippen MR) is 81.2 cm³/mol. The van der Waals surface area contributed by atoms with Gasteiger partial charge in [0.05, 0.1) is 12.6 Å². The van der Waals surface area contributed by atoms with E-state index >= 15 is 0 Å². The van der Waals surface area contributed by atoms with Gasteiger partial charge in [0.2, 0.25) is 5.91 Å². The highest BCUT2D eigenvalue weighted by Gasteiger charge is 2.24. The number of hydrogen-bond acceptors (Lipinski definition) is 4. The number of nitrogens with zero attached hydrogens (tertiary/aromatic N) is 2. The standard InChI is InChI=1S/C15H26N4O/c1-4-8-18-14(20)11-19(3)15(13(16)5-2)12-7-6-9-17-10-12/h6-7,9-10,13,15H,4-5,8,11,16H2,1-3H3,(H,18,20). The summed E-state index contributed by atoms with van der Waals surface area (Å²) in [5, 5.41) is 2.89. The molecule has 5 heteroatoms. The first-order valence-electron chi connectivity index (χ1n) is 7.22. The first kappa shape index (κ1) is 16.6. The van der Waals surface area contributed by atoms with Crippen molar-refractivity contribution >= 4 is 5.91 Å². The second-order valence-corrected chi connectivity index (χ2v) is 5.07. The molecule has 0 aliphatic heterocycles. The summed E-state index contributed by atoms with van der Waals surface area (Å²) in [6, 6.07) is 3.88. The first-order valence-corrected chi connectivity index (χ1v) is 7.22. The molecule has 0 radical (unpaired) electrons. The van der Waals surface area contributed by atoms with E-state index in [2.05, 4.69) is 17.2 Å². The van der Waals surface area contributed by atoms with Gasteiger partial charge in [0.15, 0.2) is 0 Å². The molecule has 1 amide bonds. The molecule has 5 nitrogen and oxygen atoms in total. The molecule has 0 aromatic carbocycles. The topological polar surface area (TPSA) is 71.2 Å². The van der Waals surface area contributed by atoms with Crippen molar-refractivity contribution in [2.24, 2.45) is 5.73 Å². The van der Waals surface area contributed by atoms with Crippen LogP contribution in [0.25, 0.3) is 0 Å². The van der Waals surface area contributed by atoms with Gasteiger partial charge in [0.1, 0.15) is 0 Å². The van der Waals surface area contributed by atoms with Crippen molar-refractivity contribution in [3.05, 3.63) is 30.1 Å². The van der Waals surface area contributed by atoms with Crippen molar-refractivity contribution in [2.45, 2.75) is 38.8 Å². The van der Waals surface area contributed by atoms with E-state index < -0.39 is 0 Å². The third-order valence-corrected chi connectivity index (χ3v) is 3.34. The molecule has 112 valence electrons. The highest BCUT2D eigenvalue weighted by atomic mass is 16.2. The lowest BCUT2D eigenvalue weighted by Gasteiger charge is -2.32. The Morgan fingerprint density at radius 3 is 2.80 bits per heavy atom. The molecule has 1 rings (SSSR count). The molecule has 2 atom stereocenters. The van der Waals surface area contributed by atoms with Crippen molar-refractivity contribution in [2.75, 3.05) is 20.1 Å². The SMILES string of the molecule is CCCNC(=O)CN(C)C(c1cccnc1)C(N)CC. The molecule has 1 heterocycles. The third kappa shape index (κ3) is 4.90. The zero-order chi connectivity index (χ0) is 15.0. The average Bonchev–Trinajstić information content (AvgIpc) is 2.46. The number of hydrogen-bond donors (Lipinski definition) is 2. The van der Waals surface area contributed by atoms with Crippen molar-refractivity contribution in [1.29, 1.82) is 0 Å². The second-order valence-electron chi connectivity index (χ2n) is 5.07. The van der Waals surface area contributed by atoms with Crippen molar-refractivity contribution in [1.82, 2.24) is 15.2 Å². The normalized spacial score (nSPS) is 14.1. The molecule has 0 spiro atoms. The van der Waals surface area contributed by atoms with Gasteiger partial charge in [0.25, 0.3) is 0 Å².